The molecule has 2 aromatic rings. The normalized spacial score (nSPS) is 12.8. The molecule has 4 heteroatoms. The Labute approximate surface area is 125 Å². The van der Waals surface area contributed by atoms with E-state index in [1.54, 1.807) is 0 Å². The third kappa shape index (κ3) is 3.84. The monoisotopic (exact) mass is 292 g/mol. The van der Waals surface area contributed by atoms with Crippen LogP contribution in [-0.2, 0) is 12.8 Å². The highest BCUT2D eigenvalue weighted by Crippen LogP contribution is 2.20. The van der Waals surface area contributed by atoms with Crippen molar-refractivity contribution >= 4 is 11.6 Å². The largest absolute Gasteiger partial charge is 0.396 e. The molecule has 1 aromatic heterocycles. The minimum atomic E-state index is 0.139. The van der Waals surface area contributed by atoms with E-state index in [9.17, 15) is 5.11 Å². The van der Waals surface area contributed by atoms with Gasteiger partial charge in [-0.2, -0.15) is 5.10 Å². The van der Waals surface area contributed by atoms with Crippen molar-refractivity contribution in [2.24, 2.45) is 5.92 Å². The second-order valence-corrected chi connectivity index (χ2v) is 5.84. The van der Waals surface area contributed by atoms with E-state index in [-0.39, 0.29) is 12.5 Å². The summed E-state index contributed by atoms with van der Waals surface area (Å²) in [7, 11) is 0. The molecular formula is C16H21ClN2O. The summed E-state index contributed by atoms with van der Waals surface area (Å²) in [5.41, 5.74) is 2.10. The predicted octanol–water partition coefficient (Wildman–Crippen LogP) is 3.51. The van der Waals surface area contributed by atoms with E-state index in [1.807, 2.05) is 41.2 Å². The zero-order chi connectivity index (χ0) is 14.5. The van der Waals surface area contributed by atoms with Crippen LogP contribution in [0.3, 0.4) is 0 Å². The van der Waals surface area contributed by atoms with Crippen LogP contribution in [0.15, 0.2) is 36.5 Å². The minimum absolute atomic E-state index is 0.139. The predicted molar refractivity (Wildman–Crippen MR) is 82.0 cm³/mol. The van der Waals surface area contributed by atoms with Crippen molar-refractivity contribution in [3.05, 3.63) is 52.8 Å². The first-order chi connectivity index (χ1) is 9.60. The van der Waals surface area contributed by atoms with Gasteiger partial charge in [0.2, 0.25) is 0 Å². The second-order valence-electron chi connectivity index (χ2n) is 5.43. The average Bonchev–Trinajstić information content (AvgIpc) is 2.89. The number of halogens is 1. The van der Waals surface area contributed by atoms with Crippen LogP contribution in [0.1, 0.15) is 31.1 Å². The summed E-state index contributed by atoms with van der Waals surface area (Å²) in [5, 5.41) is 14.9. The van der Waals surface area contributed by atoms with Gasteiger partial charge in [0, 0.05) is 23.9 Å². The Morgan fingerprint density at radius 3 is 2.55 bits per heavy atom. The van der Waals surface area contributed by atoms with Crippen LogP contribution >= 0.6 is 11.6 Å². The molecule has 2 rings (SSSR count). The van der Waals surface area contributed by atoms with Gasteiger partial charge in [-0.05, 0) is 50.3 Å². The van der Waals surface area contributed by atoms with Crippen LogP contribution in [-0.4, -0.2) is 21.5 Å². The number of hydrogen-bond acceptors (Lipinski definition) is 2. The molecule has 0 radical (unpaired) electrons. The summed E-state index contributed by atoms with van der Waals surface area (Å²) in [6.07, 6.45) is 3.52. The molecule has 0 bridgehead atoms. The van der Waals surface area contributed by atoms with Gasteiger partial charge in [-0.25, -0.2) is 0 Å². The Bertz CT molecular complexity index is 551. The Balaban J connectivity index is 2.03. The molecule has 0 saturated carbocycles. The molecule has 0 aliphatic rings. The van der Waals surface area contributed by atoms with Gasteiger partial charge in [0.25, 0.3) is 0 Å². The topological polar surface area (TPSA) is 38.0 Å². The van der Waals surface area contributed by atoms with Crippen LogP contribution in [0.25, 0.3) is 0 Å². The lowest BCUT2D eigenvalue weighted by molar-refractivity contribution is 0.224. The van der Waals surface area contributed by atoms with Gasteiger partial charge in [-0.15, -0.1) is 0 Å². The first-order valence-corrected chi connectivity index (χ1v) is 7.36. The van der Waals surface area contributed by atoms with Crippen molar-refractivity contribution in [3.8, 4) is 0 Å². The van der Waals surface area contributed by atoms with Gasteiger partial charge in [0.15, 0.2) is 0 Å². The Morgan fingerprint density at radius 1 is 1.20 bits per heavy atom. The first-order valence-electron chi connectivity index (χ1n) is 6.98. The quantitative estimate of drug-likeness (QED) is 0.885. The fraction of sp³-hybridized carbons (Fsp3) is 0.438. The van der Waals surface area contributed by atoms with Gasteiger partial charge in [0.05, 0.1) is 5.69 Å². The molecule has 1 aromatic carbocycles. The second kappa shape index (κ2) is 6.91. The van der Waals surface area contributed by atoms with E-state index in [0.717, 1.165) is 29.1 Å². The lowest BCUT2D eigenvalue weighted by Crippen LogP contribution is -2.14. The molecule has 0 fully saturated rings. The Morgan fingerprint density at radius 2 is 1.95 bits per heavy atom. The molecular weight excluding hydrogens is 272 g/mol. The molecule has 0 aliphatic carbocycles. The standard InChI is InChI=1S/C16H21ClN2O/c1-12(2)19-8-7-15(18-19)10-13(11-20)9-14-5-3-4-6-16(14)17/h3-8,12-13,20H,9-11H2,1-2H3. The van der Waals surface area contributed by atoms with Crippen LogP contribution in [0, 0.1) is 5.92 Å². The highest BCUT2D eigenvalue weighted by Gasteiger charge is 2.13. The zero-order valence-corrected chi connectivity index (χ0v) is 12.7. The highest BCUT2D eigenvalue weighted by molar-refractivity contribution is 6.31. The summed E-state index contributed by atoms with van der Waals surface area (Å²) in [6.45, 7) is 4.34. The van der Waals surface area contributed by atoms with Crippen LogP contribution in [0.4, 0.5) is 0 Å². The fourth-order valence-corrected chi connectivity index (χ4v) is 2.46. The van der Waals surface area contributed by atoms with Crippen molar-refractivity contribution in [2.45, 2.75) is 32.7 Å². The van der Waals surface area contributed by atoms with Crippen LogP contribution in [0.5, 0.6) is 0 Å². The maximum Gasteiger partial charge on any atom is 0.0628 e. The number of aliphatic hydroxyl groups is 1. The lowest BCUT2D eigenvalue weighted by atomic mass is 9.95. The van der Waals surface area contributed by atoms with Crippen molar-refractivity contribution in [1.29, 1.82) is 0 Å². The maximum atomic E-state index is 9.58. The van der Waals surface area contributed by atoms with E-state index < -0.39 is 0 Å². The number of aliphatic hydroxyl groups excluding tert-OH is 1. The number of aromatic nitrogens is 2. The molecule has 0 aliphatic heterocycles. The van der Waals surface area contributed by atoms with Gasteiger partial charge in [-0.3, -0.25) is 4.68 Å². The van der Waals surface area contributed by atoms with E-state index in [2.05, 4.69) is 18.9 Å². The lowest BCUT2D eigenvalue weighted by Gasteiger charge is -2.14. The molecule has 20 heavy (non-hydrogen) atoms. The number of benzene rings is 1. The number of hydrogen-bond donors (Lipinski definition) is 1. The smallest absolute Gasteiger partial charge is 0.0628 e. The molecule has 0 spiro atoms. The molecule has 3 nitrogen and oxygen atoms in total. The van der Waals surface area contributed by atoms with E-state index in [1.165, 1.54) is 0 Å². The molecule has 108 valence electrons. The fourth-order valence-electron chi connectivity index (χ4n) is 2.25. The third-order valence-electron chi connectivity index (χ3n) is 3.42. The van der Waals surface area contributed by atoms with Gasteiger partial charge in [0.1, 0.15) is 0 Å². The first kappa shape index (κ1) is 15.1. The molecule has 0 saturated heterocycles. The summed E-state index contributed by atoms with van der Waals surface area (Å²) in [5.74, 6) is 0.144. The Kier molecular flexibility index (Phi) is 5.21. The van der Waals surface area contributed by atoms with Gasteiger partial charge in [-0.1, -0.05) is 29.8 Å². The van der Waals surface area contributed by atoms with Gasteiger partial charge < -0.3 is 5.11 Å². The van der Waals surface area contributed by atoms with E-state index >= 15 is 0 Å². The van der Waals surface area contributed by atoms with Crippen molar-refractivity contribution in [1.82, 2.24) is 9.78 Å². The van der Waals surface area contributed by atoms with E-state index in [0.29, 0.717) is 6.04 Å². The molecule has 0 amide bonds. The third-order valence-corrected chi connectivity index (χ3v) is 3.78. The minimum Gasteiger partial charge on any atom is -0.396 e. The van der Waals surface area contributed by atoms with Crippen molar-refractivity contribution in [2.75, 3.05) is 6.61 Å². The number of rotatable bonds is 6. The average molecular weight is 293 g/mol. The molecule has 1 N–H and O–H groups in total. The highest BCUT2D eigenvalue weighted by atomic mass is 35.5. The maximum absolute atomic E-state index is 9.58. The van der Waals surface area contributed by atoms with Crippen molar-refractivity contribution in [3.63, 3.8) is 0 Å². The van der Waals surface area contributed by atoms with Gasteiger partial charge >= 0.3 is 0 Å². The number of nitrogens with zero attached hydrogens (tertiary/aromatic N) is 2. The van der Waals surface area contributed by atoms with Crippen molar-refractivity contribution < 1.29 is 5.11 Å². The zero-order valence-electron chi connectivity index (χ0n) is 12.0. The van der Waals surface area contributed by atoms with Crippen LogP contribution < -0.4 is 0 Å². The summed E-state index contributed by atoms with van der Waals surface area (Å²) in [4.78, 5) is 0. The summed E-state index contributed by atoms with van der Waals surface area (Å²) < 4.78 is 1.94. The Hall–Kier alpha value is -1.32. The van der Waals surface area contributed by atoms with Crippen LogP contribution in [0.2, 0.25) is 5.02 Å². The summed E-state index contributed by atoms with van der Waals surface area (Å²) in [6, 6.07) is 10.2. The molecule has 1 heterocycles. The SMILES string of the molecule is CC(C)n1ccc(CC(CO)Cc2ccccc2Cl)n1. The van der Waals surface area contributed by atoms with E-state index in [4.69, 9.17) is 11.6 Å². The summed E-state index contributed by atoms with van der Waals surface area (Å²) >= 11 is 6.17. The molecule has 1 atom stereocenters. The molecule has 1 unspecified atom stereocenters.